The SMILES string of the molecule is O=S(=O)(NC[C@H]1CC[C@H](CNc2nc(NCC3CCCCC3)c3ccccc3n2)CC1)c1cc(OCC(F)(F)F)ccc1OCC(F)(F)F. The van der Waals surface area contributed by atoms with E-state index in [-0.39, 0.29) is 18.4 Å². The summed E-state index contributed by atoms with van der Waals surface area (Å²) in [4.78, 5) is 8.75. The molecular formula is C33H41F6N5O4S. The van der Waals surface area contributed by atoms with Crippen molar-refractivity contribution in [2.24, 2.45) is 17.8 Å². The zero-order chi connectivity index (χ0) is 35.1. The molecule has 0 atom stereocenters. The van der Waals surface area contributed by atoms with E-state index < -0.39 is 52.0 Å². The van der Waals surface area contributed by atoms with E-state index in [9.17, 15) is 34.8 Å². The van der Waals surface area contributed by atoms with Crippen molar-refractivity contribution < 1.29 is 44.2 Å². The summed E-state index contributed by atoms with van der Waals surface area (Å²) in [6, 6.07) is 10.4. The number of rotatable bonds is 14. The van der Waals surface area contributed by atoms with Crippen molar-refractivity contribution in [3.05, 3.63) is 42.5 Å². The smallest absolute Gasteiger partial charge is 0.422 e. The topological polar surface area (TPSA) is 114 Å². The molecule has 2 aliphatic rings. The molecule has 9 nitrogen and oxygen atoms in total. The van der Waals surface area contributed by atoms with Gasteiger partial charge in [-0.25, -0.2) is 18.1 Å². The van der Waals surface area contributed by atoms with Gasteiger partial charge in [0.15, 0.2) is 13.2 Å². The van der Waals surface area contributed by atoms with Crippen molar-refractivity contribution in [2.75, 3.05) is 43.5 Å². The summed E-state index contributed by atoms with van der Waals surface area (Å²) in [6.45, 7) is -1.99. The van der Waals surface area contributed by atoms with E-state index in [0.29, 0.717) is 31.3 Å². The standard InChI is InChI=1S/C33H41F6N5O4S/c34-32(35,36)20-47-25-14-15-28(48-21-33(37,38)39)29(16-25)49(45,46)42-19-24-12-10-23(11-13-24)18-41-31-43-27-9-5-4-8-26(27)30(44-31)40-17-22-6-2-1-3-7-22/h4-5,8-9,14-16,22-24,42H,1-3,6-7,10-13,17-21H2,(H2,40,41,43,44)/t23-,24-. The molecule has 5 rings (SSSR count). The van der Waals surface area contributed by atoms with Crippen molar-refractivity contribution in [3.63, 3.8) is 0 Å². The Hall–Kier alpha value is -3.53. The van der Waals surface area contributed by atoms with E-state index in [2.05, 4.69) is 24.8 Å². The molecule has 3 N–H and O–H groups in total. The molecule has 0 aliphatic heterocycles. The summed E-state index contributed by atoms with van der Waals surface area (Å²) in [6.07, 6.45) is -0.248. The average molecular weight is 718 g/mol. The summed E-state index contributed by atoms with van der Waals surface area (Å²) < 4.78 is 114. The zero-order valence-electron chi connectivity index (χ0n) is 26.9. The van der Waals surface area contributed by atoms with Crippen LogP contribution in [0.5, 0.6) is 11.5 Å². The number of benzene rings is 2. The predicted molar refractivity (Wildman–Crippen MR) is 173 cm³/mol. The first kappa shape index (κ1) is 36.7. The van der Waals surface area contributed by atoms with E-state index in [1.54, 1.807) is 0 Å². The number of nitrogens with one attached hydrogen (secondary N) is 3. The normalized spacial score (nSPS) is 19.5. The summed E-state index contributed by atoms with van der Waals surface area (Å²) in [5.41, 5.74) is 0.839. The molecule has 0 saturated heterocycles. The second kappa shape index (κ2) is 16.0. The third-order valence-corrected chi connectivity index (χ3v) is 10.4. The van der Waals surface area contributed by atoms with Gasteiger partial charge in [-0.3, -0.25) is 0 Å². The lowest BCUT2D eigenvalue weighted by Gasteiger charge is -2.29. The second-order valence-electron chi connectivity index (χ2n) is 12.8. The van der Waals surface area contributed by atoms with Gasteiger partial charge in [0.05, 0.1) is 5.52 Å². The maximum Gasteiger partial charge on any atom is 0.422 e. The number of hydrogen-bond acceptors (Lipinski definition) is 8. The van der Waals surface area contributed by atoms with Crippen LogP contribution in [-0.2, 0) is 10.0 Å². The molecule has 2 aliphatic carbocycles. The number of halogens is 6. The highest BCUT2D eigenvalue weighted by Gasteiger charge is 2.32. The van der Waals surface area contributed by atoms with E-state index >= 15 is 0 Å². The van der Waals surface area contributed by atoms with Crippen LogP contribution in [0.2, 0.25) is 0 Å². The van der Waals surface area contributed by atoms with Crippen LogP contribution in [0, 0.1) is 17.8 Å². The van der Waals surface area contributed by atoms with Crippen molar-refractivity contribution in [1.29, 1.82) is 0 Å². The van der Waals surface area contributed by atoms with Crippen LogP contribution in [0.4, 0.5) is 38.1 Å². The Kier molecular flexibility index (Phi) is 12.0. The number of hydrogen-bond donors (Lipinski definition) is 3. The maximum atomic E-state index is 13.2. The van der Waals surface area contributed by atoms with Crippen LogP contribution in [0.3, 0.4) is 0 Å². The Morgan fingerprint density at radius 2 is 1.33 bits per heavy atom. The number of alkyl halides is 6. The number of ether oxygens (including phenoxy) is 2. The summed E-state index contributed by atoms with van der Waals surface area (Å²) in [5.74, 6) is 1.07. The van der Waals surface area contributed by atoms with Gasteiger partial charge in [0, 0.05) is 31.1 Å². The Morgan fingerprint density at radius 1 is 0.714 bits per heavy atom. The maximum absolute atomic E-state index is 13.2. The second-order valence-corrected chi connectivity index (χ2v) is 14.6. The van der Waals surface area contributed by atoms with Crippen LogP contribution in [0.1, 0.15) is 57.8 Å². The van der Waals surface area contributed by atoms with Gasteiger partial charge >= 0.3 is 12.4 Å². The van der Waals surface area contributed by atoms with Gasteiger partial charge in [-0.05, 0) is 80.5 Å². The first-order valence-electron chi connectivity index (χ1n) is 16.5. The van der Waals surface area contributed by atoms with E-state index in [0.717, 1.165) is 54.3 Å². The lowest BCUT2D eigenvalue weighted by Crippen LogP contribution is -2.33. The first-order valence-corrected chi connectivity index (χ1v) is 18.0. The monoisotopic (exact) mass is 717 g/mol. The highest BCUT2D eigenvalue weighted by atomic mass is 32.2. The fourth-order valence-electron chi connectivity index (χ4n) is 6.34. The number of fused-ring (bicyclic) bond motifs is 1. The molecule has 0 bridgehead atoms. The Balaban J connectivity index is 1.15. The highest BCUT2D eigenvalue weighted by molar-refractivity contribution is 7.89. The molecule has 3 aromatic rings. The lowest BCUT2D eigenvalue weighted by atomic mass is 9.82. The van der Waals surface area contributed by atoms with Gasteiger partial charge in [0.25, 0.3) is 0 Å². The Labute approximate surface area is 281 Å². The third kappa shape index (κ3) is 11.2. The van der Waals surface area contributed by atoms with Gasteiger partial charge < -0.3 is 20.1 Å². The van der Waals surface area contributed by atoms with Crippen molar-refractivity contribution in [3.8, 4) is 11.5 Å². The van der Waals surface area contributed by atoms with E-state index in [1.165, 1.54) is 32.1 Å². The van der Waals surface area contributed by atoms with Gasteiger partial charge in [-0.2, -0.15) is 31.3 Å². The van der Waals surface area contributed by atoms with Crippen molar-refractivity contribution >= 4 is 32.7 Å². The molecule has 0 amide bonds. The molecule has 2 aromatic carbocycles. The number of aromatic nitrogens is 2. The fourth-order valence-corrected chi connectivity index (χ4v) is 7.61. The number of nitrogens with zero attached hydrogens (tertiary/aromatic N) is 2. The first-order chi connectivity index (χ1) is 23.2. The molecule has 16 heteroatoms. The van der Waals surface area contributed by atoms with Gasteiger partial charge in [0.2, 0.25) is 16.0 Å². The molecule has 270 valence electrons. The summed E-state index contributed by atoms with van der Waals surface area (Å²) in [5, 5.41) is 7.90. The number of sulfonamides is 1. The minimum Gasteiger partial charge on any atom is -0.484 e. The highest BCUT2D eigenvalue weighted by Crippen LogP contribution is 2.33. The lowest BCUT2D eigenvalue weighted by molar-refractivity contribution is -0.154. The molecule has 49 heavy (non-hydrogen) atoms. The van der Waals surface area contributed by atoms with Gasteiger partial charge in [-0.15, -0.1) is 0 Å². The summed E-state index contributed by atoms with van der Waals surface area (Å²) in [7, 11) is -4.47. The molecule has 2 fully saturated rings. The van der Waals surface area contributed by atoms with Crippen LogP contribution in [0.15, 0.2) is 47.4 Å². The number of anilines is 2. The molecule has 0 spiro atoms. The van der Waals surface area contributed by atoms with E-state index in [1.807, 2.05) is 24.3 Å². The Bertz CT molecular complexity index is 1640. The average Bonchev–Trinajstić information content (AvgIpc) is 3.07. The molecule has 0 unspecified atom stereocenters. The molecule has 0 radical (unpaired) electrons. The van der Waals surface area contributed by atoms with Gasteiger partial charge in [0.1, 0.15) is 22.2 Å². The predicted octanol–water partition coefficient (Wildman–Crippen LogP) is 7.70. The molecule has 1 heterocycles. The van der Waals surface area contributed by atoms with Crippen molar-refractivity contribution in [1.82, 2.24) is 14.7 Å². The van der Waals surface area contributed by atoms with Crippen LogP contribution in [-0.4, -0.2) is 63.6 Å². The Morgan fingerprint density at radius 3 is 2.02 bits per heavy atom. The van der Waals surface area contributed by atoms with Crippen LogP contribution >= 0.6 is 0 Å². The largest absolute Gasteiger partial charge is 0.484 e. The summed E-state index contributed by atoms with van der Waals surface area (Å²) >= 11 is 0. The quantitative estimate of drug-likeness (QED) is 0.146. The zero-order valence-corrected chi connectivity index (χ0v) is 27.7. The van der Waals surface area contributed by atoms with Crippen molar-refractivity contribution in [2.45, 2.75) is 75.0 Å². The molecule has 2 saturated carbocycles. The minimum atomic E-state index is -4.76. The molecular weight excluding hydrogens is 676 g/mol. The number of para-hydroxylation sites is 1. The van der Waals surface area contributed by atoms with Gasteiger partial charge in [-0.1, -0.05) is 31.4 Å². The molecule has 1 aromatic heterocycles. The third-order valence-electron chi connectivity index (χ3n) is 8.96. The van der Waals surface area contributed by atoms with Crippen LogP contribution < -0.4 is 24.8 Å². The minimum absolute atomic E-state index is 0.00135. The fraction of sp³-hybridized carbons (Fsp3) is 0.576. The van der Waals surface area contributed by atoms with E-state index in [4.69, 9.17) is 9.97 Å². The van der Waals surface area contributed by atoms with Crippen LogP contribution in [0.25, 0.3) is 10.9 Å².